The minimum absolute atomic E-state index is 0.0354. The van der Waals surface area contributed by atoms with E-state index < -0.39 is 0 Å². The van der Waals surface area contributed by atoms with Crippen LogP contribution in [0.5, 0.6) is 0 Å². The highest BCUT2D eigenvalue weighted by atomic mass is 79.9. The second-order valence-electron chi connectivity index (χ2n) is 8.01. The van der Waals surface area contributed by atoms with Crippen LogP contribution in [0.4, 0.5) is 5.95 Å². The normalized spacial score (nSPS) is 16.9. The molecule has 1 amide bonds. The number of amides is 1. The molecule has 1 unspecified atom stereocenters. The lowest BCUT2D eigenvalue weighted by Gasteiger charge is -2.23. The van der Waals surface area contributed by atoms with Crippen molar-refractivity contribution in [3.63, 3.8) is 0 Å². The SMILES string of the molecule is CC1CN(C(=O)c2cc(Br)ccc2-n2nccn2)CCN(c2ncc3ccccc3n2)C1. The van der Waals surface area contributed by atoms with Gasteiger partial charge in [-0.3, -0.25) is 4.79 Å². The highest BCUT2D eigenvalue weighted by Crippen LogP contribution is 2.23. The van der Waals surface area contributed by atoms with Gasteiger partial charge < -0.3 is 9.80 Å². The minimum atomic E-state index is -0.0354. The van der Waals surface area contributed by atoms with Gasteiger partial charge in [0.1, 0.15) is 0 Å². The van der Waals surface area contributed by atoms with Crippen molar-refractivity contribution in [3.8, 4) is 5.69 Å². The van der Waals surface area contributed by atoms with Crippen LogP contribution in [0.3, 0.4) is 0 Å². The second-order valence-corrected chi connectivity index (χ2v) is 8.93. The van der Waals surface area contributed by atoms with Gasteiger partial charge in [-0.05, 0) is 30.2 Å². The molecule has 162 valence electrons. The smallest absolute Gasteiger partial charge is 0.256 e. The van der Waals surface area contributed by atoms with E-state index in [1.807, 2.05) is 53.6 Å². The second kappa shape index (κ2) is 8.66. The standard InChI is InChI=1S/C23H22BrN7O/c1-16-14-29(22(32)19-12-18(24)6-7-21(19)31-26-8-9-27-31)10-11-30(15-16)23-25-13-17-4-2-3-5-20(17)28-23/h2-9,12-13,16H,10-11,14-15H2,1H3. The number of hydrogen-bond donors (Lipinski definition) is 0. The van der Waals surface area contributed by atoms with Crippen LogP contribution < -0.4 is 4.90 Å². The number of halogens is 1. The van der Waals surface area contributed by atoms with Gasteiger partial charge in [-0.25, -0.2) is 9.97 Å². The molecular formula is C23H22BrN7O. The Labute approximate surface area is 194 Å². The van der Waals surface area contributed by atoms with E-state index in [4.69, 9.17) is 4.98 Å². The van der Waals surface area contributed by atoms with E-state index >= 15 is 0 Å². The zero-order chi connectivity index (χ0) is 22.1. The van der Waals surface area contributed by atoms with Gasteiger partial charge in [-0.15, -0.1) is 0 Å². The summed E-state index contributed by atoms with van der Waals surface area (Å²) in [6.07, 6.45) is 5.07. The number of nitrogens with zero attached hydrogens (tertiary/aromatic N) is 7. The maximum atomic E-state index is 13.6. The Morgan fingerprint density at radius 1 is 1.06 bits per heavy atom. The molecule has 0 N–H and O–H groups in total. The summed E-state index contributed by atoms with van der Waals surface area (Å²) in [7, 11) is 0. The van der Waals surface area contributed by atoms with E-state index in [1.54, 1.807) is 12.4 Å². The molecule has 1 aliphatic rings. The molecule has 0 bridgehead atoms. The summed E-state index contributed by atoms with van der Waals surface area (Å²) in [5.74, 6) is 0.926. The third-order valence-electron chi connectivity index (χ3n) is 5.57. The number of aromatic nitrogens is 5. The van der Waals surface area contributed by atoms with Gasteiger partial charge >= 0.3 is 0 Å². The average Bonchev–Trinajstić information content (AvgIpc) is 3.27. The molecule has 0 aliphatic carbocycles. The Hall–Kier alpha value is -3.33. The molecule has 1 aliphatic heterocycles. The number of rotatable bonds is 3. The van der Waals surface area contributed by atoms with E-state index in [9.17, 15) is 4.79 Å². The van der Waals surface area contributed by atoms with Crippen LogP contribution in [-0.4, -0.2) is 61.9 Å². The average molecular weight is 492 g/mol. The van der Waals surface area contributed by atoms with Crippen LogP contribution in [0.1, 0.15) is 17.3 Å². The predicted octanol–water partition coefficient (Wildman–Crippen LogP) is 3.57. The Kier molecular flexibility index (Phi) is 5.57. The molecule has 2 aromatic carbocycles. The highest BCUT2D eigenvalue weighted by molar-refractivity contribution is 9.10. The Balaban J connectivity index is 1.40. The van der Waals surface area contributed by atoms with Crippen molar-refractivity contribution in [2.75, 3.05) is 31.1 Å². The van der Waals surface area contributed by atoms with Crippen molar-refractivity contribution >= 4 is 38.7 Å². The predicted molar refractivity (Wildman–Crippen MR) is 126 cm³/mol. The van der Waals surface area contributed by atoms with Crippen molar-refractivity contribution in [1.29, 1.82) is 0 Å². The van der Waals surface area contributed by atoms with Crippen LogP contribution in [0.25, 0.3) is 16.6 Å². The Morgan fingerprint density at radius 2 is 1.88 bits per heavy atom. The van der Waals surface area contributed by atoms with Crippen molar-refractivity contribution in [1.82, 2.24) is 29.9 Å². The Bertz CT molecular complexity index is 1260. The zero-order valence-electron chi connectivity index (χ0n) is 17.6. The summed E-state index contributed by atoms with van der Waals surface area (Å²) in [4.78, 5) is 28.5. The minimum Gasteiger partial charge on any atom is -0.339 e. The first-order valence-electron chi connectivity index (χ1n) is 10.5. The molecule has 0 spiro atoms. The number of benzene rings is 2. The van der Waals surface area contributed by atoms with E-state index in [0.29, 0.717) is 36.8 Å². The maximum absolute atomic E-state index is 13.6. The molecule has 5 rings (SSSR count). The van der Waals surface area contributed by atoms with Crippen LogP contribution in [0.15, 0.2) is 65.5 Å². The van der Waals surface area contributed by atoms with E-state index in [1.165, 1.54) is 4.80 Å². The largest absolute Gasteiger partial charge is 0.339 e. The summed E-state index contributed by atoms with van der Waals surface area (Å²) in [5.41, 5.74) is 2.15. The van der Waals surface area contributed by atoms with E-state index in [2.05, 4.69) is 42.9 Å². The molecule has 32 heavy (non-hydrogen) atoms. The summed E-state index contributed by atoms with van der Waals surface area (Å²) in [6.45, 7) is 4.84. The molecule has 0 saturated carbocycles. The summed E-state index contributed by atoms with van der Waals surface area (Å²) < 4.78 is 0.839. The fourth-order valence-electron chi connectivity index (χ4n) is 4.08. The maximum Gasteiger partial charge on any atom is 0.256 e. The summed E-state index contributed by atoms with van der Waals surface area (Å²) in [6, 6.07) is 13.5. The number of para-hydroxylation sites is 1. The first-order valence-corrected chi connectivity index (χ1v) is 11.3. The van der Waals surface area contributed by atoms with Gasteiger partial charge in [0.25, 0.3) is 5.91 Å². The van der Waals surface area contributed by atoms with E-state index in [0.717, 1.165) is 21.9 Å². The van der Waals surface area contributed by atoms with Gasteiger partial charge in [0, 0.05) is 42.2 Å². The van der Waals surface area contributed by atoms with Crippen LogP contribution in [-0.2, 0) is 0 Å². The molecule has 3 heterocycles. The van der Waals surface area contributed by atoms with Gasteiger partial charge in [-0.2, -0.15) is 15.0 Å². The van der Waals surface area contributed by atoms with Crippen LogP contribution in [0.2, 0.25) is 0 Å². The molecule has 9 heteroatoms. The number of hydrogen-bond acceptors (Lipinski definition) is 6. The van der Waals surface area contributed by atoms with Crippen molar-refractivity contribution in [3.05, 3.63) is 71.1 Å². The molecule has 1 atom stereocenters. The quantitative estimate of drug-likeness (QED) is 0.435. The Morgan fingerprint density at radius 3 is 2.72 bits per heavy atom. The van der Waals surface area contributed by atoms with Gasteiger partial charge in [0.15, 0.2) is 0 Å². The number of fused-ring (bicyclic) bond motifs is 1. The third kappa shape index (κ3) is 4.08. The van der Waals surface area contributed by atoms with Gasteiger partial charge in [0.05, 0.1) is 29.2 Å². The molecule has 2 aromatic heterocycles. The van der Waals surface area contributed by atoms with Crippen molar-refractivity contribution in [2.45, 2.75) is 6.92 Å². The van der Waals surface area contributed by atoms with Gasteiger partial charge in [0.2, 0.25) is 5.95 Å². The highest BCUT2D eigenvalue weighted by Gasteiger charge is 2.27. The van der Waals surface area contributed by atoms with Crippen LogP contribution in [0, 0.1) is 5.92 Å². The number of carbonyl (C=O) groups is 1. The van der Waals surface area contributed by atoms with Crippen molar-refractivity contribution in [2.24, 2.45) is 5.92 Å². The van der Waals surface area contributed by atoms with Crippen LogP contribution >= 0.6 is 15.9 Å². The lowest BCUT2D eigenvalue weighted by Crippen LogP contribution is -2.36. The lowest BCUT2D eigenvalue weighted by molar-refractivity contribution is 0.0750. The van der Waals surface area contributed by atoms with Crippen molar-refractivity contribution < 1.29 is 4.79 Å². The molecule has 1 fully saturated rings. The first-order chi connectivity index (χ1) is 15.6. The first kappa shape index (κ1) is 20.6. The molecule has 8 nitrogen and oxygen atoms in total. The topological polar surface area (TPSA) is 80.0 Å². The summed E-state index contributed by atoms with van der Waals surface area (Å²) in [5, 5.41) is 9.44. The number of carbonyl (C=O) groups excluding carboxylic acids is 1. The number of anilines is 1. The molecule has 4 aromatic rings. The monoisotopic (exact) mass is 491 g/mol. The zero-order valence-corrected chi connectivity index (χ0v) is 19.2. The molecular weight excluding hydrogens is 470 g/mol. The lowest BCUT2D eigenvalue weighted by atomic mass is 10.1. The van der Waals surface area contributed by atoms with E-state index in [-0.39, 0.29) is 11.8 Å². The van der Waals surface area contributed by atoms with Gasteiger partial charge in [-0.1, -0.05) is 41.1 Å². The third-order valence-corrected chi connectivity index (χ3v) is 6.07. The molecule has 1 saturated heterocycles. The molecule has 0 radical (unpaired) electrons. The fourth-order valence-corrected chi connectivity index (χ4v) is 4.44. The fraction of sp³-hybridized carbons (Fsp3) is 0.261. The summed E-state index contributed by atoms with van der Waals surface area (Å²) >= 11 is 3.49.